The van der Waals surface area contributed by atoms with E-state index in [9.17, 15) is 14.0 Å². The highest BCUT2D eigenvalue weighted by atomic mass is 79.9. The molecule has 0 bridgehead atoms. The molecule has 25 heavy (non-hydrogen) atoms. The molecular weight excluding hydrogens is 411 g/mol. The Kier molecular flexibility index (Phi) is 6.98. The van der Waals surface area contributed by atoms with Crippen LogP contribution in [0.1, 0.15) is 10.4 Å². The molecule has 2 rings (SSSR count). The Morgan fingerprint density at radius 2 is 2.04 bits per heavy atom. The number of nitrogens with zero attached hydrogens (tertiary/aromatic N) is 1. The van der Waals surface area contributed by atoms with Crippen LogP contribution in [0, 0.1) is 17.1 Å². The average Bonchev–Trinajstić information content (AvgIpc) is 2.59. The molecule has 0 aliphatic heterocycles. The quantitative estimate of drug-likeness (QED) is 0.561. The summed E-state index contributed by atoms with van der Waals surface area (Å²) >= 11 is 4.36. The minimum absolute atomic E-state index is 0.124. The summed E-state index contributed by atoms with van der Waals surface area (Å²) in [4.78, 5) is 24.7. The summed E-state index contributed by atoms with van der Waals surface area (Å²) in [5.41, 5.74) is 0.658. The number of ether oxygens (including phenoxy) is 1. The SMILES string of the molecule is N#CCSc1ccccc1NC(=O)COC(=O)c1ccc(F)cc1Br. The van der Waals surface area contributed by atoms with E-state index < -0.39 is 24.3 Å². The molecule has 0 aliphatic rings. The number of hydrogen-bond donors (Lipinski definition) is 1. The third-order valence-electron chi connectivity index (χ3n) is 2.94. The first-order valence-corrected chi connectivity index (χ1v) is 8.80. The number of para-hydroxylation sites is 1. The molecule has 0 spiro atoms. The van der Waals surface area contributed by atoms with Gasteiger partial charge in [-0.2, -0.15) is 5.26 Å². The Morgan fingerprint density at radius 1 is 1.28 bits per heavy atom. The van der Waals surface area contributed by atoms with E-state index >= 15 is 0 Å². The van der Waals surface area contributed by atoms with Gasteiger partial charge in [-0.05, 0) is 46.3 Å². The number of carbonyl (C=O) groups is 2. The number of amides is 1. The van der Waals surface area contributed by atoms with Gasteiger partial charge < -0.3 is 10.1 Å². The zero-order valence-electron chi connectivity index (χ0n) is 12.8. The lowest BCUT2D eigenvalue weighted by molar-refractivity contribution is -0.119. The van der Waals surface area contributed by atoms with E-state index in [-0.39, 0.29) is 15.8 Å². The second kappa shape index (κ2) is 9.20. The van der Waals surface area contributed by atoms with Gasteiger partial charge in [-0.3, -0.25) is 4.79 Å². The molecule has 0 saturated carbocycles. The number of halogens is 2. The molecule has 2 aromatic rings. The number of benzene rings is 2. The summed E-state index contributed by atoms with van der Waals surface area (Å²) in [7, 11) is 0. The predicted octanol–water partition coefficient (Wildman–Crippen LogP) is 4.00. The van der Waals surface area contributed by atoms with Gasteiger partial charge in [0.2, 0.25) is 0 Å². The minimum atomic E-state index is -0.742. The van der Waals surface area contributed by atoms with Crippen LogP contribution in [0.5, 0.6) is 0 Å². The van der Waals surface area contributed by atoms with Crippen molar-refractivity contribution in [1.82, 2.24) is 0 Å². The van der Waals surface area contributed by atoms with E-state index in [1.54, 1.807) is 24.3 Å². The molecule has 8 heteroatoms. The summed E-state index contributed by atoms with van der Waals surface area (Å²) in [6, 6.07) is 12.6. The predicted molar refractivity (Wildman–Crippen MR) is 95.8 cm³/mol. The van der Waals surface area contributed by atoms with E-state index in [1.807, 2.05) is 6.07 Å². The Hall–Kier alpha value is -2.37. The normalized spacial score (nSPS) is 9.96. The summed E-state index contributed by atoms with van der Waals surface area (Å²) < 4.78 is 18.2. The van der Waals surface area contributed by atoms with Gasteiger partial charge >= 0.3 is 5.97 Å². The standard InChI is InChI=1S/C17H12BrFN2O3S/c18-13-9-11(19)5-6-12(13)17(23)24-10-16(22)21-14-3-1-2-4-15(14)25-8-7-20/h1-6,9H,8,10H2,(H,21,22). The van der Waals surface area contributed by atoms with Crippen LogP contribution in [0.15, 0.2) is 51.8 Å². The Morgan fingerprint density at radius 3 is 2.76 bits per heavy atom. The number of nitriles is 1. The second-order valence-electron chi connectivity index (χ2n) is 4.69. The van der Waals surface area contributed by atoms with Crippen molar-refractivity contribution in [3.63, 3.8) is 0 Å². The molecule has 0 aromatic heterocycles. The van der Waals surface area contributed by atoms with Crippen molar-refractivity contribution in [3.05, 3.63) is 58.3 Å². The average molecular weight is 423 g/mol. The highest BCUT2D eigenvalue weighted by Crippen LogP contribution is 2.26. The molecular formula is C17H12BrFN2O3S. The van der Waals surface area contributed by atoms with E-state index in [2.05, 4.69) is 21.2 Å². The number of carbonyl (C=O) groups excluding carboxylic acids is 2. The maximum absolute atomic E-state index is 13.0. The van der Waals surface area contributed by atoms with Crippen molar-refractivity contribution in [2.24, 2.45) is 0 Å². The fraction of sp³-hybridized carbons (Fsp3) is 0.118. The topological polar surface area (TPSA) is 79.2 Å². The minimum Gasteiger partial charge on any atom is -0.452 e. The smallest absolute Gasteiger partial charge is 0.339 e. The van der Waals surface area contributed by atoms with Crippen molar-refractivity contribution in [3.8, 4) is 6.07 Å². The Labute approximate surface area is 156 Å². The molecule has 1 N–H and O–H groups in total. The van der Waals surface area contributed by atoms with Gasteiger partial charge in [-0.15, -0.1) is 11.8 Å². The van der Waals surface area contributed by atoms with Gasteiger partial charge in [-0.25, -0.2) is 9.18 Å². The zero-order valence-corrected chi connectivity index (χ0v) is 15.2. The van der Waals surface area contributed by atoms with E-state index in [0.717, 1.165) is 17.0 Å². The zero-order chi connectivity index (χ0) is 18.2. The largest absolute Gasteiger partial charge is 0.452 e. The van der Waals surface area contributed by atoms with Crippen molar-refractivity contribution < 1.29 is 18.7 Å². The van der Waals surface area contributed by atoms with Crippen LogP contribution in [0.2, 0.25) is 0 Å². The summed E-state index contributed by atoms with van der Waals surface area (Å²) in [6.45, 7) is -0.486. The number of anilines is 1. The highest BCUT2D eigenvalue weighted by molar-refractivity contribution is 9.10. The first kappa shape index (κ1) is 19.0. The molecule has 0 radical (unpaired) electrons. The molecule has 0 aliphatic carbocycles. The molecule has 0 heterocycles. The van der Waals surface area contributed by atoms with E-state index in [4.69, 9.17) is 10.00 Å². The third-order valence-corrected chi connectivity index (χ3v) is 4.54. The highest BCUT2D eigenvalue weighted by Gasteiger charge is 2.15. The molecule has 0 fully saturated rings. The lowest BCUT2D eigenvalue weighted by atomic mass is 10.2. The van der Waals surface area contributed by atoms with Gasteiger partial charge in [0, 0.05) is 9.37 Å². The van der Waals surface area contributed by atoms with Crippen molar-refractivity contribution in [2.75, 3.05) is 17.7 Å². The van der Waals surface area contributed by atoms with Crippen LogP contribution in [0.3, 0.4) is 0 Å². The molecule has 0 atom stereocenters. The van der Waals surface area contributed by atoms with Gasteiger partial charge in [-0.1, -0.05) is 12.1 Å². The number of thioether (sulfide) groups is 1. The van der Waals surface area contributed by atoms with Crippen molar-refractivity contribution in [2.45, 2.75) is 4.90 Å². The van der Waals surface area contributed by atoms with Gasteiger partial charge in [0.1, 0.15) is 5.82 Å². The monoisotopic (exact) mass is 422 g/mol. The van der Waals surface area contributed by atoms with Crippen LogP contribution >= 0.6 is 27.7 Å². The lowest BCUT2D eigenvalue weighted by Gasteiger charge is -2.10. The third kappa shape index (κ3) is 5.59. The molecule has 0 saturated heterocycles. The first-order valence-electron chi connectivity index (χ1n) is 7.02. The Bertz CT molecular complexity index is 839. The lowest BCUT2D eigenvalue weighted by Crippen LogP contribution is -2.21. The van der Waals surface area contributed by atoms with Crippen LogP contribution in [-0.2, 0) is 9.53 Å². The fourth-order valence-corrected chi connectivity index (χ4v) is 3.04. The maximum atomic E-state index is 13.0. The first-order chi connectivity index (χ1) is 12.0. The van der Waals surface area contributed by atoms with Crippen LogP contribution in [0.4, 0.5) is 10.1 Å². The second-order valence-corrected chi connectivity index (χ2v) is 6.56. The summed E-state index contributed by atoms with van der Waals surface area (Å²) in [5, 5.41) is 11.3. The number of esters is 1. The van der Waals surface area contributed by atoms with E-state index in [0.29, 0.717) is 5.69 Å². The molecule has 0 unspecified atom stereocenters. The molecule has 1 amide bonds. The molecule has 128 valence electrons. The molecule has 5 nitrogen and oxygen atoms in total. The van der Waals surface area contributed by atoms with Crippen molar-refractivity contribution >= 4 is 45.3 Å². The number of hydrogen-bond acceptors (Lipinski definition) is 5. The van der Waals surface area contributed by atoms with Gasteiger partial charge in [0.05, 0.1) is 23.1 Å². The van der Waals surface area contributed by atoms with Gasteiger partial charge in [0.15, 0.2) is 6.61 Å². The molecule has 2 aromatic carbocycles. The van der Waals surface area contributed by atoms with Crippen molar-refractivity contribution in [1.29, 1.82) is 5.26 Å². The fourth-order valence-electron chi connectivity index (χ4n) is 1.86. The van der Waals surface area contributed by atoms with Crippen LogP contribution < -0.4 is 5.32 Å². The summed E-state index contributed by atoms with van der Waals surface area (Å²) in [6.07, 6.45) is 0. The maximum Gasteiger partial charge on any atom is 0.339 e. The Balaban J connectivity index is 1.95. The number of rotatable bonds is 6. The number of nitrogens with one attached hydrogen (secondary N) is 1. The van der Waals surface area contributed by atoms with Crippen LogP contribution in [-0.4, -0.2) is 24.2 Å². The summed E-state index contributed by atoms with van der Waals surface area (Å²) in [5.74, 6) is -1.50. The van der Waals surface area contributed by atoms with Gasteiger partial charge in [0.25, 0.3) is 5.91 Å². The van der Waals surface area contributed by atoms with Crippen LogP contribution in [0.25, 0.3) is 0 Å². The van der Waals surface area contributed by atoms with E-state index in [1.165, 1.54) is 17.8 Å².